The van der Waals surface area contributed by atoms with E-state index in [0.29, 0.717) is 48.7 Å². The molecular weight excluding hydrogens is 879 g/mol. The van der Waals surface area contributed by atoms with Crippen molar-refractivity contribution in [2.45, 2.75) is 197 Å². The fourth-order valence-electron chi connectivity index (χ4n) is 8.13. The Morgan fingerprint density at radius 1 is 0.400 bits per heavy atom. The molecule has 0 radical (unpaired) electrons. The van der Waals surface area contributed by atoms with Gasteiger partial charge in [0.1, 0.15) is 23.0 Å². The zero-order valence-corrected chi connectivity index (χ0v) is 47.3. The van der Waals surface area contributed by atoms with Crippen LogP contribution in [0.4, 0.5) is 0 Å². The largest absolute Gasteiger partial charge is 2.00 e. The molecule has 352 valence electrons. The zero-order valence-electron chi connectivity index (χ0n) is 43.3. The molecule has 0 N–H and O–H groups in total. The maximum atomic E-state index is 13.3. The summed E-state index contributed by atoms with van der Waals surface area (Å²) in [4.78, 5) is 26.1. The van der Waals surface area contributed by atoms with Crippen LogP contribution in [0.25, 0.3) is 0 Å². The number of rotatable bonds is 2. The van der Waals surface area contributed by atoms with E-state index in [1.165, 1.54) is 11.1 Å². The number of fused-ring (bicyclic) bond motifs is 4. The molecule has 0 unspecified atom stereocenters. The van der Waals surface area contributed by atoms with Gasteiger partial charge in [0, 0.05) is 24.0 Å². The third kappa shape index (κ3) is 13.1. The Balaban J connectivity index is 0.000000282. The van der Waals surface area contributed by atoms with Crippen molar-refractivity contribution in [3.8, 4) is 23.0 Å². The molecule has 65 heavy (non-hydrogen) atoms. The summed E-state index contributed by atoms with van der Waals surface area (Å²) in [6.45, 7) is 42.6. The molecule has 11 heteroatoms. The van der Waals surface area contributed by atoms with E-state index in [0.717, 1.165) is 55.6 Å². The first-order valence-corrected chi connectivity index (χ1v) is 25.9. The second kappa shape index (κ2) is 18.9. The monoisotopic (exact) mass is 954 g/mol. The molecule has 2 aliphatic heterocycles. The summed E-state index contributed by atoms with van der Waals surface area (Å²) in [7, 11) is -9.24. The van der Waals surface area contributed by atoms with Gasteiger partial charge in [-0.2, -0.15) is 0 Å². The van der Waals surface area contributed by atoms with Gasteiger partial charge in [-0.05, 0) is 101 Å². The molecule has 0 bridgehead atoms. The Bertz CT molecular complexity index is 2350. The van der Waals surface area contributed by atoms with Crippen molar-refractivity contribution in [2.24, 2.45) is 0 Å². The Labute approximate surface area is 422 Å². The molecule has 2 heterocycles. The average Bonchev–Trinajstić information content (AvgIpc) is 3.09. The van der Waals surface area contributed by atoms with Crippen LogP contribution in [0, 0.1) is 0 Å². The minimum Gasteiger partial charge on any atom is -0.736 e. The summed E-state index contributed by atoms with van der Waals surface area (Å²) in [5.74, 6) is 1.66. The van der Waals surface area contributed by atoms with Crippen LogP contribution in [-0.4, -0.2) is 37.7 Å². The van der Waals surface area contributed by atoms with Crippen molar-refractivity contribution < 1.29 is 37.0 Å². The fraction of sp³-hybridized carbons (Fsp3) is 0.556. The topological polar surface area (TPSA) is 117 Å². The third-order valence-electron chi connectivity index (χ3n) is 12.2. The van der Waals surface area contributed by atoms with Gasteiger partial charge in [0.05, 0.1) is 0 Å². The van der Waals surface area contributed by atoms with Crippen LogP contribution in [0.5, 0.6) is 23.0 Å². The normalized spacial score (nSPS) is 16.0. The summed E-state index contributed by atoms with van der Waals surface area (Å²) >= 11 is 0. The Morgan fingerprint density at radius 2 is 0.631 bits per heavy atom. The molecule has 0 amide bonds. The molecule has 2 aliphatic rings. The van der Waals surface area contributed by atoms with E-state index in [1.807, 2.05) is 13.8 Å². The van der Waals surface area contributed by atoms with Crippen LogP contribution in [0.15, 0.2) is 48.5 Å². The number of phosphoric acid groups is 2. The van der Waals surface area contributed by atoms with Crippen molar-refractivity contribution in [1.29, 1.82) is 0 Å². The van der Waals surface area contributed by atoms with Gasteiger partial charge in [-0.3, -0.25) is 0 Å². The standard InChI is InChI=1S/C29H43O4P.C25H35O4P.Ca/c1-26(2,3)20-14-18-13-19-15-21(27(4,5)6)17-23(29(10,11)12)25(19)33-34(30,31)32-24(18)22(16-20)28(7,8)9;1-9-16-12-20(24(3,4)5)14-18-11-19-15-21(25(6,7)8)13-17(10-2)23(19)29-30(26,27)28-22(16)18;/h14-17H,13H2,1-12H3,(H,30,31);12-15H,9-11H2,1-8H3,(H,26,27);/q;;+2/p-2. The zero-order chi connectivity index (χ0) is 48.6. The van der Waals surface area contributed by atoms with E-state index in [-0.39, 0.29) is 70.2 Å². The molecule has 8 nitrogen and oxygen atoms in total. The van der Waals surface area contributed by atoms with Gasteiger partial charge in [-0.25, -0.2) is 9.13 Å². The Morgan fingerprint density at radius 3 is 0.862 bits per heavy atom. The first-order valence-electron chi connectivity index (χ1n) is 22.9. The molecule has 0 fully saturated rings. The van der Waals surface area contributed by atoms with E-state index in [4.69, 9.17) is 18.1 Å². The molecule has 4 aromatic carbocycles. The van der Waals surface area contributed by atoms with Gasteiger partial charge in [0.25, 0.3) is 0 Å². The van der Waals surface area contributed by atoms with Crippen LogP contribution in [0.1, 0.15) is 205 Å². The molecular formula is C54H76CaO8P2. The van der Waals surface area contributed by atoms with E-state index in [9.17, 15) is 18.9 Å². The SMILES string of the molecule is CC(C)(C)c1cc2c(c(C(C)(C)C)c1)OP(=O)([O-])Oc1c(cc(C(C)(C)C)cc1C(C)(C)C)C2.CCc1cc(C(C)(C)C)cc2c1OP(=O)([O-])Oc1c(CC)cc(C(C)(C)C)cc1C2.[Ca+2]. The summed E-state index contributed by atoms with van der Waals surface area (Å²) in [6, 6.07) is 16.7. The van der Waals surface area contributed by atoms with Gasteiger partial charge in [0.2, 0.25) is 0 Å². The van der Waals surface area contributed by atoms with Crippen LogP contribution in [-0.2, 0) is 67.3 Å². The van der Waals surface area contributed by atoms with Crippen molar-refractivity contribution in [3.05, 3.63) is 115 Å². The average molecular weight is 955 g/mol. The molecule has 0 atom stereocenters. The van der Waals surface area contributed by atoms with Crippen molar-refractivity contribution in [2.75, 3.05) is 0 Å². The number of hydrogen-bond acceptors (Lipinski definition) is 8. The second-order valence-electron chi connectivity index (χ2n) is 24.1. The van der Waals surface area contributed by atoms with Gasteiger partial charge < -0.3 is 27.9 Å². The van der Waals surface area contributed by atoms with Crippen molar-refractivity contribution in [1.82, 2.24) is 0 Å². The van der Waals surface area contributed by atoms with Crippen LogP contribution in [0.3, 0.4) is 0 Å². The number of hydrogen-bond donors (Lipinski definition) is 0. The minimum absolute atomic E-state index is 0. The van der Waals surface area contributed by atoms with Crippen molar-refractivity contribution >= 4 is 53.4 Å². The van der Waals surface area contributed by atoms with E-state index in [1.54, 1.807) is 0 Å². The molecule has 0 saturated carbocycles. The van der Waals surface area contributed by atoms with Gasteiger partial charge in [-0.15, -0.1) is 0 Å². The van der Waals surface area contributed by atoms with E-state index >= 15 is 0 Å². The van der Waals surface area contributed by atoms with Crippen LogP contribution >= 0.6 is 15.6 Å². The van der Waals surface area contributed by atoms with Gasteiger partial charge in [0.15, 0.2) is 0 Å². The Hall–Kier alpha value is -2.28. The fourth-order valence-corrected chi connectivity index (χ4v) is 10.00. The summed E-state index contributed by atoms with van der Waals surface area (Å²) in [5.41, 5.74) is 10.8. The number of aryl methyl sites for hydroxylation is 2. The summed E-state index contributed by atoms with van der Waals surface area (Å²) in [6.07, 6.45) is 2.46. The summed E-state index contributed by atoms with van der Waals surface area (Å²) < 4.78 is 48.7. The van der Waals surface area contributed by atoms with Gasteiger partial charge in [-0.1, -0.05) is 187 Å². The maximum Gasteiger partial charge on any atom is 2.00 e. The molecule has 0 saturated heterocycles. The number of phosphoric ester groups is 2. The molecule has 0 aromatic heterocycles. The van der Waals surface area contributed by atoms with Crippen LogP contribution < -0.4 is 27.9 Å². The molecule has 6 rings (SSSR count). The van der Waals surface area contributed by atoms with Crippen LogP contribution in [0.2, 0.25) is 0 Å². The predicted octanol–water partition coefficient (Wildman–Crippen LogP) is 13.6. The molecule has 4 aromatic rings. The quantitative estimate of drug-likeness (QED) is 0.144. The first-order chi connectivity index (χ1) is 28.8. The maximum absolute atomic E-state index is 13.3. The van der Waals surface area contributed by atoms with E-state index < -0.39 is 15.6 Å². The summed E-state index contributed by atoms with van der Waals surface area (Å²) in [5, 5.41) is 0. The van der Waals surface area contributed by atoms with Gasteiger partial charge >= 0.3 is 53.4 Å². The van der Waals surface area contributed by atoms with Crippen molar-refractivity contribution in [3.63, 3.8) is 0 Å². The second-order valence-corrected chi connectivity index (χ2v) is 26.6. The molecule has 0 aliphatic carbocycles. The molecule has 0 spiro atoms. The third-order valence-corrected chi connectivity index (χ3v) is 13.9. The number of benzene rings is 4. The predicted molar refractivity (Wildman–Crippen MR) is 266 cm³/mol. The Kier molecular flexibility index (Phi) is 16.1. The smallest absolute Gasteiger partial charge is 0.736 e. The van der Waals surface area contributed by atoms with E-state index in [2.05, 4.69) is 173 Å². The first kappa shape index (κ1) is 55.3. The minimum atomic E-state index is -4.68.